The van der Waals surface area contributed by atoms with E-state index in [0.29, 0.717) is 5.96 Å². The minimum Gasteiger partial charge on any atom is -0.368 e. The van der Waals surface area contributed by atoms with Gasteiger partial charge in [-0.2, -0.15) is 0 Å². The summed E-state index contributed by atoms with van der Waals surface area (Å²) >= 11 is 0. The van der Waals surface area contributed by atoms with Crippen molar-refractivity contribution in [1.82, 2.24) is 5.32 Å². The van der Waals surface area contributed by atoms with Crippen LogP contribution in [0.25, 0.3) is 0 Å². The molecule has 3 nitrogen and oxygen atoms in total. The van der Waals surface area contributed by atoms with Crippen LogP contribution < -0.4 is 11.1 Å². The highest BCUT2D eigenvalue weighted by Gasteiger charge is 1.94. The number of nitrogens with zero attached hydrogens (tertiary/aromatic N) is 2. The first-order valence-electron chi connectivity index (χ1n) is 7.78. The number of aliphatic imine (C=N–C) groups is 1. The zero-order valence-electron chi connectivity index (χ0n) is 12.5. The Labute approximate surface area is 114 Å². The molecule has 0 aliphatic heterocycles. The zero-order chi connectivity index (χ0) is 13.5. The summed E-state index contributed by atoms with van der Waals surface area (Å²) in [4.78, 5) is 4.28. The normalized spacial score (nSPS) is 11.8. The van der Waals surface area contributed by atoms with Crippen LogP contribution in [0.1, 0.15) is 78.1 Å². The van der Waals surface area contributed by atoms with Crippen molar-refractivity contribution in [3.8, 4) is 0 Å². The van der Waals surface area contributed by atoms with Crippen molar-refractivity contribution >= 4 is 5.96 Å². The van der Waals surface area contributed by atoms with Gasteiger partial charge in [0, 0.05) is 13.1 Å². The summed E-state index contributed by atoms with van der Waals surface area (Å²) in [7, 11) is 0. The van der Waals surface area contributed by atoms with E-state index in [4.69, 9.17) is 5.73 Å². The molecule has 0 atom stereocenters. The lowest BCUT2D eigenvalue weighted by atomic mass is 10.1. The predicted octanol–water partition coefficient (Wildman–Crippen LogP) is 3.85. The van der Waals surface area contributed by atoms with E-state index in [1.54, 1.807) is 0 Å². The molecule has 0 aromatic rings. The standard InChI is InChI=1S/C15H32N3/c1-3-5-7-9-11-13-17-15(16)18-14-12-10-8-6-4-2/h3-14H2,1-2H3,(H2,16,17). The van der Waals surface area contributed by atoms with Gasteiger partial charge in [-0.3, -0.25) is 10.3 Å². The molecule has 3 heteroatoms. The van der Waals surface area contributed by atoms with E-state index >= 15 is 0 Å². The van der Waals surface area contributed by atoms with Gasteiger partial charge >= 0.3 is 0 Å². The van der Waals surface area contributed by atoms with Gasteiger partial charge in [-0.05, 0) is 12.8 Å². The number of nitrogens with two attached hydrogens (primary N) is 1. The molecule has 0 rings (SSSR count). The Kier molecular flexibility index (Phi) is 13.8. The molecule has 0 saturated carbocycles. The van der Waals surface area contributed by atoms with Crippen molar-refractivity contribution in [2.24, 2.45) is 10.7 Å². The van der Waals surface area contributed by atoms with Gasteiger partial charge in [0.15, 0.2) is 0 Å². The highest BCUT2D eigenvalue weighted by molar-refractivity contribution is 5.77. The van der Waals surface area contributed by atoms with Crippen molar-refractivity contribution in [3.63, 3.8) is 0 Å². The Morgan fingerprint density at radius 3 is 1.78 bits per heavy atom. The SMILES string of the molecule is CCCCCCC[N]C(N)=NCCCCCCC. The fourth-order valence-corrected chi connectivity index (χ4v) is 1.87. The minimum absolute atomic E-state index is 0.501. The van der Waals surface area contributed by atoms with E-state index in [1.165, 1.54) is 51.4 Å². The topological polar surface area (TPSA) is 52.5 Å². The lowest BCUT2D eigenvalue weighted by Gasteiger charge is -2.02. The lowest BCUT2D eigenvalue weighted by molar-refractivity contribution is 0.618. The van der Waals surface area contributed by atoms with E-state index in [1.807, 2.05) is 0 Å². The van der Waals surface area contributed by atoms with Crippen LogP contribution in [0.2, 0.25) is 0 Å². The van der Waals surface area contributed by atoms with E-state index in [2.05, 4.69) is 24.2 Å². The molecule has 0 spiro atoms. The molecule has 1 radical (unpaired) electrons. The molecule has 0 bridgehead atoms. The van der Waals surface area contributed by atoms with Crippen molar-refractivity contribution in [2.45, 2.75) is 78.1 Å². The second-order valence-corrected chi connectivity index (χ2v) is 4.95. The van der Waals surface area contributed by atoms with E-state index in [9.17, 15) is 0 Å². The molecule has 0 unspecified atom stereocenters. The first-order valence-corrected chi connectivity index (χ1v) is 7.78. The first kappa shape index (κ1) is 17.3. The minimum atomic E-state index is 0.501. The van der Waals surface area contributed by atoms with Gasteiger partial charge in [0.1, 0.15) is 0 Å². The highest BCUT2D eigenvalue weighted by Crippen LogP contribution is 2.02. The predicted molar refractivity (Wildman–Crippen MR) is 81.0 cm³/mol. The summed E-state index contributed by atoms with van der Waals surface area (Å²) < 4.78 is 0. The number of guanidine groups is 1. The molecule has 0 amide bonds. The van der Waals surface area contributed by atoms with Crippen LogP contribution in [-0.4, -0.2) is 19.0 Å². The molecule has 18 heavy (non-hydrogen) atoms. The summed E-state index contributed by atoms with van der Waals surface area (Å²) in [5.41, 5.74) is 5.74. The summed E-state index contributed by atoms with van der Waals surface area (Å²) in [5, 5.41) is 4.28. The van der Waals surface area contributed by atoms with Crippen LogP contribution in [-0.2, 0) is 0 Å². The molecule has 0 aromatic carbocycles. The molecule has 0 saturated heterocycles. The van der Waals surface area contributed by atoms with Gasteiger partial charge in [0.05, 0.1) is 0 Å². The van der Waals surface area contributed by atoms with Crippen LogP contribution in [0.4, 0.5) is 0 Å². The van der Waals surface area contributed by atoms with Crippen molar-refractivity contribution in [3.05, 3.63) is 0 Å². The maximum absolute atomic E-state index is 5.74. The summed E-state index contributed by atoms with van der Waals surface area (Å²) in [6.07, 6.45) is 12.7. The first-order chi connectivity index (χ1) is 8.81. The Morgan fingerprint density at radius 2 is 1.22 bits per heavy atom. The van der Waals surface area contributed by atoms with Gasteiger partial charge < -0.3 is 5.73 Å². The fraction of sp³-hybridized carbons (Fsp3) is 0.933. The molecule has 0 heterocycles. The third-order valence-corrected chi connectivity index (χ3v) is 3.07. The second-order valence-electron chi connectivity index (χ2n) is 4.95. The number of unbranched alkanes of at least 4 members (excludes halogenated alkanes) is 8. The monoisotopic (exact) mass is 254 g/mol. The Bertz CT molecular complexity index is 190. The van der Waals surface area contributed by atoms with Crippen LogP contribution in [0.5, 0.6) is 0 Å². The smallest absolute Gasteiger partial charge is 0.210 e. The van der Waals surface area contributed by atoms with Crippen LogP contribution in [0.3, 0.4) is 0 Å². The van der Waals surface area contributed by atoms with Gasteiger partial charge in [-0.25, -0.2) is 0 Å². The second kappa shape index (κ2) is 14.3. The molecular weight excluding hydrogens is 222 g/mol. The maximum atomic E-state index is 5.74. The number of rotatable bonds is 12. The van der Waals surface area contributed by atoms with E-state index in [-0.39, 0.29) is 0 Å². The molecular formula is C15H32N3. The van der Waals surface area contributed by atoms with Gasteiger partial charge in [0.2, 0.25) is 5.96 Å². The quantitative estimate of drug-likeness (QED) is 0.321. The molecule has 0 aliphatic carbocycles. The van der Waals surface area contributed by atoms with Crippen molar-refractivity contribution < 1.29 is 0 Å². The summed E-state index contributed by atoms with van der Waals surface area (Å²) in [5.74, 6) is 0.501. The molecule has 2 N–H and O–H groups in total. The third-order valence-electron chi connectivity index (χ3n) is 3.07. The van der Waals surface area contributed by atoms with Gasteiger partial charge in [0.25, 0.3) is 0 Å². The summed E-state index contributed by atoms with van der Waals surface area (Å²) in [6, 6.07) is 0. The average Bonchev–Trinajstić information content (AvgIpc) is 2.38. The third kappa shape index (κ3) is 13.3. The lowest BCUT2D eigenvalue weighted by Crippen LogP contribution is -2.26. The highest BCUT2D eigenvalue weighted by atomic mass is 15.1. The number of hydrogen-bond donors (Lipinski definition) is 1. The van der Waals surface area contributed by atoms with Crippen molar-refractivity contribution in [2.75, 3.05) is 13.1 Å². The largest absolute Gasteiger partial charge is 0.368 e. The Balaban J connectivity index is 3.26. The van der Waals surface area contributed by atoms with Crippen molar-refractivity contribution in [1.29, 1.82) is 0 Å². The molecule has 107 valence electrons. The Hall–Kier alpha value is -0.730. The van der Waals surface area contributed by atoms with Gasteiger partial charge in [-0.15, -0.1) is 0 Å². The maximum Gasteiger partial charge on any atom is 0.210 e. The molecule has 0 fully saturated rings. The molecule has 0 aromatic heterocycles. The van der Waals surface area contributed by atoms with Crippen LogP contribution in [0, 0.1) is 0 Å². The van der Waals surface area contributed by atoms with E-state index in [0.717, 1.165) is 25.9 Å². The zero-order valence-corrected chi connectivity index (χ0v) is 12.5. The summed E-state index contributed by atoms with van der Waals surface area (Å²) in [6.45, 7) is 6.15. The average molecular weight is 254 g/mol. The van der Waals surface area contributed by atoms with Crippen LogP contribution in [0.15, 0.2) is 4.99 Å². The van der Waals surface area contributed by atoms with Gasteiger partial charge in [-0.1, -0.05) is 65.2 Å². The Morgan fingerprint density at radius 1 is 0.722 bits per heavy atom. The fourth-order valence-electron chi connectivity index (χ4n) is 1.87. The van der Waals surface area contributed by atoms with E-state index < -0.39 is 0 Å². The van der Waals surface area contributed by atoms with Crippen LogP contribution >= 0.6 is 0 Å². The number of hydrogen-bond acceptors (Lipinski definition) is 1. The molecule has 0 aliphatic rings.